The Labute approximate surface area is 113 Å². The van der Waals surface area contributed by atoms with Gasteiger partial charge in [-0.2, -0.15) is 4.31 Å². The molecule has 1 aliphatic rings. The summed E-state index contributed by atoms with van der Waals surface area (Å²) in [6.07, 6.45) is 3.05. The van der Waals surface area contributed by atoms with Crippen LogP contribution in [0.15, 0.2) is 16.3 Å². The zero-order chi connectivity index (χ0) is 13.0. The van der Waals surface area contributed by atoms with E-state index in [0.717, 1.165) is 37.2 Å². The fourth-order valence-electron chi connectivity index (χ4n) is 2.04. The second kappa shape index (κ2) is 6.14. The molecule has 0 aliphatic carbocycles. The fraction of sp³-hybridized carbons (Fsp3) is 0.667. The number of thiophene rings is 1. The Hall–Kier alpha value is -0.430. The van der Waals surface area contributed by atoms with Crippen molar-refractivity contribution in [1.82, 2.24) is 9.62 Å². The molecule has 0 atom stereocenters. The minimum Gasteiger partial charge on any atom is -0.312 e. The van der Waals surface area contributed by atoms with Crippen LogP contribution >= 0.6 is 11.3 Å². The molecule has 1 aromatic heterocycles. The highest BCUT2D eigenvalue weighted by atomic mass is 32.2. The Bertz CT molecular complexity index is 476. The lowest BCUT2D eigenvalue weighted by Gasteiger charge is -2.13. The molecular formula is C12H20N2O2S2. The average molecular weight is 288 g/mol. The van der Waals surface area contributed by atoms with E-state index in [2.05, 4.69) is 12.2 Å². The molecule has 1 N–H and O–H groups in total. The predicted molar refractivity (Wildman–Crippen MR) is 74.3 cm³/mol. The van der Waals surface area contributed by atoms with E-state index in [1.54, 1.807) is 10.4 Å². The molecule has 18 heavy (non-hydrogen) atoms. The van der Waals surface area contributed by atoms with Crippen molar-refractivity contribution in [3.8, 4) is 0 Å². The molecule has 0 amide bonds. The smallest absolute Gasteiger partial charge is 0.252 e. The van der Waals surface area contributed by atoms with E-state index in [1.807, 2.05) is 6.07 Å². The van der Waals surface area contributed by atoms with Crippen molar-refractivity contribution >= 4 is 21.4 Å². The van der Waals surface area contributed by atoms with E-state index in [0.29, 0.717) is 17.3 Å². The zero-order valence-electron chi connectivity index (χ0n) is 10.7. The van der Waals surface area contributed by atoms with Crippen LogP contribution < -0.4 is 5.32 Å². The maximum atomic E-state index is 12.3. The molecule has 0 spiro atoms. The van der Waals surface area contributed by atoms with Crippen LogP contribution in [0.25, 0.3) is 0 Å². The van der Waals surface area contributed by atoms with Gasteiger partial charge in [0, 0.05) is 24.5 Å². The summed E-state index contributed by atoms with van der Waals surface area (Å²) >= 11 is 1.38. The normalized spacial score (nSPS) is 17.4. The molecule has 0 unspecified atom stereocenters. The topological polar surface area (TPSA) is 49.4 Å². The van der Waals surface area contributed by atoms with Crippen molar-refractivity contribution in [1.29, 1.82) is 0 Å². The third kappa shape index (κ3) is 3.12. The highest BCUT2D eigenvalue weighted by molar-refractivity contribution is 7.91. The second-order valence-corrected chi connectivity index (χ2v) is 7.84. The number of rotatable bonds is 6. The van der Waals surface area contributed by atoms with Crippen molar-refractivity contribution in [2.75, 3.05) is 19.6 Å². The number of nitrogens with zero attached hydrogens (tertiary/aromatic N) is 1. The first-order valence-corrected chi connectivity index (χ1v) is 8.70. The maximum absolute atomic E-state index is 12.3. The Morgan fingerprint density at radius 3 is 2.72 bits per heavy atom. The van der Waals surface area contributed by atoms with Crippen molar-refractivity contribution in [2.24, 2.45) is 0 Å². The highest BCUT2D eigenvalue weighted by Gasteiger charge is 2.28. The molecule has 0 bridgehead atoms. The van der Waals surface area contributed by atoms with Crippen LogP contribution in [0.3, 0.4) is 0 Å². The zero-order valence-corrected chi connectivity index (χ0v) is 12.3. The van der Waals surface area contributed by atoms with E-state index in [4.69, 9.17) is 0 Å². The summed E-state index contributed by atoms with van der Waals surface area (Å²) in [6, 6.07) is 3.65. The van der Waals surface area contributed by atoms with Crippen molar-refractivity contribution < 1.29 is 8.42 Å². The molecule has 2 rings (SSSR count). The summed E-state index contributed by atoms with van der Waals surface area (Å²) in [7, 11) is -3.22. The van der Waals surface area contributed by atoms with E-state index >= 15 is 0 Å². The molecular weight excluding hydrogens is 268 g/mol. The van der Waals surface area contributed by atoms with Gasteiger partial charge in [0.1, 0.15) is 4.21 Å². The van der Waals surface area contributed by atoms with Crippen LogP contribution in [0.5, 0.6) is 0 Å². The summed E-state index contributed by atoms with van der Waals surface area (Å²) in [5.41, 5.74) is 0. The largest absolute Gasteiger partial charge is 0.312 e. The summed E-state index contributed by atoms with van der Waals surface area (Å²) in [6.45, 7) is 5.18. The monoisotopic (exact) mass is 288 g/mol. The maximum Gasteiger partial charge on any atom is 0.252 e. The highest BCUT2D eigenvalue weighted by Crippen LogP contribution is 2.27. The quantitative estimate of drug-likeness (QED) is 0.815. The van der Waals surface area contributed by atoms with E-state index in [-0.39, 0.29) is 0 Å². The summed E-state index contributed by atoms with van der Waals surface area (Å²) in [4.78, 5) is 1.08. The van der Waals surface area contributed by atoms with Gasteiger partial charge in [0.05, 0.1) is 0 Å². The van der Waals surface area contributed by atoms with E-state index in [1.165, 1.54) is 11.3 Å². The molecule has 1 fully saturated rings. The lowest BCUT2D eigenvalue weighted by atomic mass is 10.4. The molecule has 0 aromatic carbocycles. The standard InChI is InChI=1S/C12H20N2O2S2/c1-2-7-13-10-11-5-6-12(17-11)18(15,16)14-8-3-4-9-14/h5-6,13H,2-4,7-10H2,1H3. The molecule has 4 nitrogen and oxygen atoms in total. The molecule has 102 valence electrons. The molecule has 2 heterocycles. The number of nitrogens with one attached hydrogen (secondary N) is 1. The third-order valence-electron chi connectivity index (χ3n) is 3.02. The van der Waals surface area contributed by atoms with Gasteiger partial charge in [-0.25, -0.2) is 8.42 Å². The molecule has 6 heteroatoms. The predicted octanol–water partition coefficient (Wildman–Crippen LogP) is 2.03. The molecule has 0 radical (unpaired) electrons. The van der Waals surface area contributed by atoms with Crippen molar-refractivity contribution in [3.63, 3.8) is 0 Å². The lowest BCUT2D eigenvalue weighted by Crippen LogP contribution is -2.27. The van der Waals surface area contributed by atoms with E-state index < -0.39 is 10.0 Å². The van der Waals surface area contributed by atoms with Gasteiger partial charge in [0.25, 0.3) is 10.0 Å². The molecule has 1 aromatic rings. The first-order valence-electron chi connectivity index (χ1n) is 6.44. The minimum absolute atomic E-state index is 0.484. The Morgan fingerprint density at radius 1 is 1.33 bits per heavy atom. The Balaban J connectivity index is 2.04. The van der Waals surface area contributed by atoms with Crippen LogP contribution in [-0.4, -0.2) is 32.4 Å². The molecule has 1 aliphatic heterocycles. The van der Waals surface area contributed by atoms with Gasteiger partial charge in [0.15, 0.2) is 0 Å². The Morgan fingerprint density at radius 2 is 2.06 bits per heavy atom. The lowest BCUT2D eigenvalue weighted by molar-refractivity contribution is 0.479. The number of hydrogen-bond donors (Lipinski definition) is 1. The summed E-state index contributed by atoms with van der Waals surface area (Å²) in [5.74, 6) is 0. The van der Waals surface area contributed by atoms with Gasteiger partial charge in [0.2, 0.25) is 0 Å². The molecule has 1 saturated heterocycles. The minimum atomic E-state index is -3.22. The van der Waals surface area contributed by atoms with Crippen LogP contribution in [0.2, 0.25) is 0 Å². The van der Waals surface area contributed by atoms with Crippen molar-refractivity contribution in [2.45, 2.75) is 36.9 Å². The van der Waals surface area contributed by atoms with Gasteiger partial charge in [-0.3, -0.25) is 0 Å². The first kappa shape index (κ1) is 14.0. The van der Waals surface area contributed by atoms with Crippen molar-refractivity contribution in [3.05, 3.63) is 17.0 Å². The summed E-state index contributed by atoms with van der Waals surface area (Å²) in [5, 5.41) is 3.29. The van der Waals surface area contributed by atoms with Crippen LogP contribution in [0.1, 0.15) is 31.1 Å². The average Bonchev–Trinajstić information content (AvgIpc) is 3.01. The van der Waals surface area contributed by atoms with Gasteiger partial charge >= 0.3 is 0 Å². The first-order chi connectivity index (χ1) is 8.64. The van der Waals surface area contributed by atoms with Gasteiger partial charge in [-0.1, -0.05) is 6.92 Å². The van der Waals surface area contributed by atoms with Crippen LogP contribution in [0, 0.1) is 0 Å². The SMILES string of the molecule is CCCNCc1ccc(S(=O)(=O)N2CCCC2)s1. The number of hydrogen-bond acceptors (Lipinski definition) is 4. The fourth-order valence-corrected chi connectivity index (χ4v) is 5.03. The molecule has 0 saturated carbocycles. The summed E-state index contributed by atoms with van der Waals surface area (Å²) < 4.78 is 26.7. The van der Waals surface area contributed by atoms with Crippen LogP contribution in [-0.2, 0) is 16.6 Å². The van der Waals surface area contributed by atoms with Gasteiger partial charge < -0.3 is 5.32 Å². The van der Waals surface area contributed by atoms with Gasteiger partial charge in [-0.15, -0.1) is 11.3 Å². The van der Waals surface area contributed by atoms with Crippen LogP contribution in [0.4, 0.5) is 0 Å². The van der Waals surface area contributed by atoms with E-state index in [9.17, 15) is 8.42 Å². The second-order valence-electron chi connectivity index (χ2n) is 4.51. The van der Waals surface area contributed by atoms with Gasteiger partial charge in [-0.05, 0) is 37.9 Å². The third-order valence-corrected chi connectivity index (χ3v) is 6.47. The number of sulfonamides is 1. The Kier molecular flexibility index (Phi) is 4.77.